The topological polar surface area (TPSA) is 92.6 Å². The molecule has 1 saturated heterocycles. The average Bonchev–Trinajstić information content (AvgIpc) is 3.22. The lowest BCUT2D eigenvalue weighted by molar-refractivity contribution is -0.128. The molecule has 34 heavy (non-hydrogen) atoms. The number of nitrogens with one attached hydrogen (secondary N) is 1. The van der Waals surface area contributed by atoms with Crippen molar-refractivity contribution in [1.29, 1.82) is 0 Å². The van der Waals surface area contributed by atoms with Crippen LogP contribution in [-0.4, -0.2) is 70.5 Å². The van der Waals surface area contributed by atoms with Crippen molar-refractivity contribution in [3.05, 3.63) is 60.4 Å². The Morgan fingerprint density at radius 3 is 2.38 bits per heavy atom. The molecule has 0 bridgehead atoms. The van der Waals surface area contributed by atoms with E-state index in [-0.39, 0.29) is 24.0 Å². The Balaban J connectivity index is 1.24. The third kappa shape index (κ3) is 5.88. The molecule has 9 nitrogen and oxygen atoms in total. The highest BCUT2D eigenvalue weighted by Gasteiger charge is 2.22. The number of nitrogens with zero attached hydrogens (tertiary/aromatic N) is 5. The molecule has 0 radical (unpaired) electrons. The van der Waals surface area contributed by atoms with Crippen molar-refractivity contribution in [3.63, 3.8) is 0 Å². The first kappa shape index (κ1) is 23.6. The summed E-state index contributed by atoms with van der Waals surface area (Å²) in [6.07, 6.45) is 0.0888. The monoisotopic (exact) mass is 480 g/mol. The van der Waals surface area contributed by atoms with Gasteiger partial charge in [0, 0.05) is 44.6 Å². The molecule has 2 heterocycles. The molecule has 1 aliphatic heterocycles. The van der Waals surface area contributed by atoms with E-state index in [2.05, 4.69) is 32.5 Å². The second-order valence-corrected chi connectivity index (χ2v) is 8.85. The summed E-state index contributed by atoms with van der Waals surface area (Å²) in [4.78, 5) is 29.3. The van der Waals surface area contributed by atoms with Gasteiger partial charge in [-0.25, -0.2) is 0 Å². The minimum absolute atomic E-state index is 0.0829. The molecule has 3 aromatic rings. The Morgan fingerprint density at radius 2 is 1.71 bits per heavy atom. The van der Waals surface area contributed by atoms with Gasteiger partial charge in [-0.05, 0) is 36.4 Å². The number of hydrogen-bond donors (Lipinski definition) is 1. The highest BCUT2D eigenvalue weighted by molar-refractivity contribution is 7.99. The molecule has 0 unspecified atom stereocenters. The summed E-state index contributed by atoms with van der Waals surface area (Å²) in [6.45, 7) is 3.03. The van der Waals surface area contributed by atoms with Gasteiger partial charge in [0.05, 0.1) is 19.3 Å². The van der Waals surface area contributed by atoms with Crippen molar-refractivity contribution in [2.75, 3.05) is 49.3 Å². The molecule has 1 fully saturated rings. The lowest BCUT2D eigenvalue weighted by Gasteiger charge is -2.36. The summed E-state index contributed by atoms with van der Waals surface area (Å²) < 4.78 is 6.89. The molecular formula is C24H28N6O3S. The van der Waals surface area contributed by atoms with E-state index < -0.39 is 0 Å². The van der Waals surface area contributed by atoms with E-state index in [1.54, 1.807) is 43.0 Å². The van der Waals surface area contributed by atoms with Crippen LogP contribution < -0.4 is 15.0 Å². The molecule has 0 aliphatic carbocycles. The maximum absolute atomic E-state index is 12.7. The average molecular weight is 481 g/mol. The molecule has 1 aromatic heterocycles. The molecule has 10 heteroatoms. The van der Waals surface area contributed by atoms with E-state index in [9.17, 15) is 9.59 Å². The molecule has 0 atom stereocenters. The maximum Gasteiger partial charge on any atom is 0.233 e. The van der Waals surface area contributed by atoms with Gasteiger partial charge in [0.15, 0.2) is 5.16 Å². The van der Waals surface area contributed by atoms with Gasteiger partial charge in [-0.15, -0.1) is 10.2 Å². The Labute approximate surface area is 203 Å². The van der Waals surface area contributed by atoms with Gasteiger partial charge in [0.25, 0.3) is 0 Å². The van der Waals surface area contributed by atoms with Crippen LogP contribution in [0, 0.1) is 0 Å². The standard InChI is InChI=1S/C24H28N6O3S/c1-28-21(16-22(31)25-18-8-10-20(33-2)11-9-18)26-27-24(28)34-17-23(32)30-14-12-29(13-15-30)19-6-4-3-5-7-19/h3-11H,12-17H2,1-2H3,(H,25,31). The zero-order chi connectivity index (χ0) is 23.9. The van der Waals surface area contributed by atoms with Crippen molar-refractivity contribution in [3.8, 4) is 5.75 Å². The molecule has 1 aliphatic rings. The number of benzene rings is 2. The largest absolute Gasteiger partial charge is 0.497 e. The minimum atomic E-state index is -0.190. The third-order valence-corrected chi connectivity index (χ3v) is 6.70. The quantitative estimate of drug-likeness (QED) is 0.495. The van der Waals surface area contributed by atoms with Gasteiger partial charge in [-0.1, -0.05) is 30.0 Å². The number of piperazine rings is 1. The number of carbonyl (C=O) groups excluding carboxylic acids is 2. The molecule has 0 spiro atoms. The molecule has 2 aromatic carbocycles. The fourth-order valence-corrected chi connectivity index (χ4v) is 4.55. The van der Waals surface area contributed by atoms with E-state index in [0.717, 1.165) is 18.8 Å². The van der Waals surface area contributed by atoms with Crippen molar-refractivity contribution in [2.24, 2.45) is 7.05 Å². The number of ether oxygens (including phenoxy) is 1. The van der Waals surface area contributed by atoms with Crippen LogP contribution in [0.2, 0.25) is 0 Å². The van der Waals surface area contributed by atoms with Gasteiger partial charge < -0.3 is 24.4 Å². The van der Waals surface area contributed by atoms with Gasteiger partial charge in [-0.3, -0.25) is 9.59 Å². The van der Waals surface area contributed by atoms with E-state index in [1.165, 1.54) is 17.4 Å². The van der Waals surface area contributed by atoms with Crippen molar-refractivity contribution in [2.45, 2.75) is 11.6 Å². The lowest BCUT2D eigenvalue weighted by Crippen LogP contribution is -2.49. The summed E-state index contributed by atoms with van der Waals surface area (Å²) in [5.74, 6) is 1.44. The van der Waals surface area contributed by atoms with Crippen LogP contribution in [0.1, 0.15) is 5.82 Å². The normalized spacial score (nSPS) is 13.6. The van der Waals surface area contributed by atoms with Gasteiger partial charge in [0.1, 0.15) is 11.6 Å². The molecule has 4 rings (SSSR count). The number of methoxy groups -OCH3 is 1. The summed E-state index contributed by atoms with van der Waals surface area (Å²) in [5.41, 5.74) is 1.87. The number of para-hydroxylation sites is 1. The fourth-order valence-electron chi connectivity index (χ4n) is 3.72. The van der Waals surface area contributed by atoms with Crippen LogP contribution in [0.3, 0.4) is 0 Å². The van der Waals surface area contributed by atoms with Crippen LogP contribution in [0.5, 0.6) is 5.75 Å². The van der Waals surface area contributed by atoms with E-state index in [4.69, 9.17) is 4.74 Å². The second kappa shape index (κ2) is 11.1. The highest BCUT2D eigenvalue weighted by atomic mass is 32.2. The first-order valence-corrected chi connectivity index (χ1v) is 12.0. The number of anilines is 2. The van der Waals surface area contributed by atoms with Gasteiger partial charge in [0.2, 0.25) is 11.8 Å². The predicted octanol–water partition coefficient (Wildman–Crippen LogP) is 2.45. The fraction of sp³-hybridized carbons (Fsp3) is 0.333. The van der Waals surface area contributed by atoms with E-state index >= 15 is 0 Å². The van der Waals surface area contributed by atoms with Crippen LogP contribution in [0.25, 0.3) is 0 Å². The first-order chi connectivity index (χ1) is 16.5. The zero-order valence-corrected chi connectivity index (χ0v) is 20.1. The number of rotatable bonds is 8. The maximum atomic E-state index is 12.7. The zero-order valence-electron chi connectivity index (χ0n) is 19.3. The number of hydrogen-bond acceptors (Lipinski definition) is 7. The van der Waals surface area contributed by atoms with E-state index in [1.807, 2.05) is 23.1 Å². The molecule has 0 saturated carbocycles. The molecule has 178 valence electrons. The van der Waals surface area contributed by atoms with Crippen molar-refractivity contribution >= 4 is 35.0 Å². The number of thioether (sulfide) groups is 1. The SMILES string of the molecule is COc1ccc(NC(=O)Cc2nnc(SCC(=O)N3CCN(c4ccccc4)CC3)n2C)cc1. The summed E-state index contributed by atoms with van der Waals surface area (Å²) in [6, 6.07) is 17.4. The van der Waals surface area contributed by atoms with Crippen LogP contribution >= 0.6 is 11.8 Å². The van der Waals surface area contributed by atoms with Crippen molar-refractivity contribution < 1.29 is 14.3 Å². The lowest BCUT2D eigenvalue weighted by atomic mass is 10.2. The Kier molecular flexibility index (Phi) is 7.69. The number of amides is 2. The number of aromatic nitrogens is 3. The molecule has 1 N–H and O–H groups in total. The Bertz CT molecular complexity index is 1110. The van der Waals surface area contributed by atoms with Gasteiger partial charge >= 0.3 is 0 Å². The number of carbonyl (C=O) groups is 2. The molecular weight excluding hydrogens is 452 g/mol. The third-order valence-electron chi connectivity index (χ3n) is 5.70. The summed E-state index contributed by atoms with van der Waals surface area (Å²) in [7, 11) is 3.40. The summed E-state index contributed by atoms with van der Waals surface area (Å²) in [5, 5.41) is 11.8. The van der Waals surface area contributed by atoms with Crippen LogP contribution in [-0.2, 0) is 23.1 Å². The first-order valence-electron chi connectivity index (χ1n) is 11.1. The second-order valence-electron chi connectivity index (χ2n) is 7.90. The van der Waals surface area contributed by atoms with Crippen molar-refractivity contribution in [1.82, 2.24) is 19.7 Å². The predicted molar refractivity (Wildman–Crippen MR) is 132 cm³/mol. The molecule has 2 amide bonds. The van der Waals surface area contributed by atoms with Gasteiger partial charge in [-0.2, -0.15) is 0 Å². The highest BCUT2D eigenvalue weighted by Crippen LogP contribution is 2.20. The Morgan fingerprint density at radius 1 is 1.00 bits per heavy atom. The van der Waals surface area contributed by atoms with E-state index in [0.29, 0.717) is 29.8 Å². The Hall–Kier alpha value is -3.53. The smallest absolute Gasteiger partial charge is 0.233 e. The van der Waals surface area contributed by atoms with Crippen LogP contribution in [0.4, 0.5) is 11.4 Å². The summed E-state index contributed by atoms with van der Waals surface area (Å²) >= 11 is 1.34. The minimum Gasteiger partial charge on any atom is -0.497 e. The van der Waals surface area contributed by atoms with Crippen LogP contribution in [0.15, 0.2) is 59.8 Å².